The molecule has 2 heterocycles. The zero-order chi connectivity index (χ0) is 11.9. The van der Waals surface area contributed by atoms with E-state index in [0.717, 1.165) is 32.5 Å². The molecule has 0 radical (unpaired) electrons. The van der Waals surface area contributed by atoms with Crippen LogP contribution in [0.5, 0.6) is 0 Å². The number of carbonyl (C=O) groups is 1. The second-order valence-electron chi connectivity index (χ2n) is 5.12. The van der Waals surface area contributed by atoms with Gasteiger partial charge >= 0.3 is 0 Å². The summed E-state index contributed by atoms with van der Waals surface area (Å²) in [6.45, 7) is 2.75. The summed E-state index contributed by atoms with van der Waals surface area (Å²) < 4.78 is 5.61. The zero-order valence-electron chi connectivity index (χ0n) is 10.5. The van der Waals surface area contributed by atoms with E-state index in [1.54, 1.807) is 0 Å². The van der Waals surface area contributed by atoms with E-state index >= 15 is 0 Å². The van der Waals surface area contributed by atoms with Crippen molar-refractivity contribution in [2.45, 2.75) is 57.1 Å². The van der Waals surface area contributed by atoms with Crippen molar-refractivity contribution in [2.24, 2.45) is 0 Å². The maximum Gasteiger partial charge on any atom is 0.220 e. The first kappa shape index (κ1) is 12.8. The molecule has 4 heteroatoms. The van der Waals surface area contributed by atoms with Gasteiger partial charge in [0.25, 0.3) is 0 Å². The lowest BCUT2D eigenvalue weighted by Crippen LogP contribution is -2.37. The molecule has 0 saturated carbocycles. The summed E-state index contributed by atoms with van der Waals surface area (Å²) in [4.78, 5) is 11.6. The fraction of sp³-hybridized carbons (Fsp3) is 0.923. The Labute approximate surface area is 103 Å². The summed E-state index contributed by atoms with van der Waals surface area (Å²) in [6, 6.07) is 0.491. The number of ether oxygens (including phenoxy) is 1. The van der Waals surface area contributed by atoms with E-state index < -0.39 is 0 Å². The summed E-state index contributed by atoms with van der Waals surface area (Å²) in [5.74, 6) is 0.174. The topological polar surface area (TPSA) is 50.4 Å². The fourth-order valence-electron chi connectivity index (χ4n) is 2.58. The van der Waals surface area contributed by atoms with Gasteiger partial charge in [0, 0.05) is 25.6 Å². The lowest BCUT2D eigenvalue weighted by molar-refractivity contribution is -0.122. The molecule has 2 aliphatic heterocycles. The van der Waals surface area contributed by atoms with Crippen LogP contribution in [0.25, 0.3) is 0 Å². The average Bonchev–Trinajstić information content (AvgIpc) is 2.88. The highest BCUT2D eigenvalue weighted by molar-refractivity contribution is 5.75. The van der Waals surface area contributed by atoms with Gasteiger partial charge in [0.1, 0.15) is 0 Å². The molecule has 2 unspecified atom stereocenters. The smallest absolute Gasteiger partial charge is 0.220 e. The Balaban J connectivity index is 1.53. The van der Waals surface area contributed by atoms with Gasteiger partial charge < -0.3 is 15.4 Å². The van der Waals surface area contributed by atoms with Crippen molar-refractivity contribution in [3.05, 3.63) is 0 Å². The van der Waals surface area contributed by atoms with Crippen LogP contribution in [0.4, 0.5) is 0 Å². The fourth-order valence-corrected chi connectivity index (χ4v) is 2.58. The molecule has 98 valence electrons. The van der Waals surface area contributed by atoms with Crippen LogP contribution in [0.3, 0.4) is 0 Å². The maximum absolute atomic E-state index is 11.6. The van der Waals surface area contributed by atoms with Crippen LogP contribution in [0.1, 0.15) is 44.9 Å². The van der Waals surface area contributed by atoms with Crippen LogP contribution in [-0.2, 0) is 9.53 Å². The van der Waals surface area contributed by atoms with Crippen molar-refractivity contribution in [1.82, 2.24) is 10.6 Å². The van der Waals surface area contributed by atoms with Crippen molar-refractivity contribution in [3.63, 3.8) is 0 Å². The van der Waals surface area contributed by atoms with Crippen LogP contribution in [0.2, 0.25) is 0 Å². The number of carbonyl (C=O) groups excluding carboxylic acids is 1. The van der Waals surface area contributed by atoms with E-state index in [0.29, 0.717) is 18.6 Å². The van der Waals surface area contributed by atoms with Crippen molar-refractivity contribution in [2.75, 3.05) is 19.7 Å². The minimum Gasteiger partial charge on any atom is -0.378 e. The highest BCUT2D eigenvalue weighted by Gasteiger charge is 2.17. The summed E-state index contributed by atoms with van der Waals surface area (Å²) in [6.07, 6.45) is 7.77. The van der Waals surface area contributed by atoms with Gasteiger partial charge in [-0.3, -0.25) is 4.79 Å². The quantitative estimate of drug-likeness (QED) is 0.759. The van der Waals surface area contributed by atoms with E-state index in [-0.39, 0.29) is 5.91 Å². The third-order valence-electron chi connectivity index (χ3n) is 3.68. The molecule has 4 nitrogen and oxygen atoms in total. The van der Waals surface area contributed by atoms with Gasteiger partial charge in [-0.15, -0.1) is 0 Å². The van der Waals surface area contributed by atoms with Crippen molar-refractivity contribution in [3.8, 4) is 0 Å². The Hall–Kier alpha value is -0.610. The molecule has 2 atom stereocenters. The lowest BCUT2D eigenvalue weighted by atomic mass is 10.0. The molecule has 0 aromatic carbocycles. The number of hydrogen-bond acceptors (Lipinski definition) is 3. The largest absolute Gasteiger partial charge is 0.378 e. The minimum absolute atomic E-state index is 0.174. The molecule has 1 amide bonds. The van der Waals surface area contributed by atoms with Crippen LogP contribution < -0.4 is 10.6 Å². The third kappa shape index (κ3) is 4.64. The summed E-state index contributed by atoms with van der Waals surface area (Å²) in [5, 5.41) is 6.39. The molecule has 0 aliphatic carbocycles. The van der Waals surface area contributed by atoms with Crippen molar-refractivity contribution < 1.29 is 9.53 Å². The van der Waals surface area contributed by atoms with E-state index in [4.69, 9.17) is 4.74 Å². The Morgan fingerprint density at radius 3 is 2.94 bits per heavy atom. The molecule has 2 rings (SSSR count). The van der Waals surface area contributed by atoms with E-state index in [1.807, 2.05) is 0 Å². The monoisotopic (exact) mass is 240 g/mol. The lowest BCUT2D eigenvalue weighted by Gasteiger charge is -2.22. The van der Waals surface area contributed by atoms with Gasteiger partial charge in [-0.25, -0.2) is 0 Å². The Bertz CT molecular complexity index is 234. The van der Waals surface area contributed by atoms with Crippen molar-refractivity contribution in [1.29, 1.82) is 0 Å². The van der Waals surface area contributed by atoms with E-state index in [1.165, 1.54) is 25.7 Å². The summed E-state index contributed by atoms with van der Waals surface area (Å²) in [5.41, 5.74) is 0. The van der Waals surface area contributed by atoms with Crippen LogP contribution >= 0.6 is 0 Å². The van der Waals surface area contributed by atoms with Gasteiger partial charge in [0.2, 0.25) is 5.91 Å². The van der Waals surface area contributed by atoms with Crippen LogP contribution in [0, 0.1) is 0 Å². The first-order valence-electron chi connectivity index (χ1n) is 6.96. The second kappa shape index (κ2) is 6.97. The van der Waals surface area contributed by atoms with Crippen LogP contribution in [0.15, 0.2) is 0 Å². The predicted molar refractivity (Wildman–Crippen MR) is 66.9 cm³/mol. The minimum atomic E-state index is 0.174. The molecule has 0 aromatic rings. The second-order valence-corrected chi connectivity index (χ2v) is 5.12. The Kier molecular flexibility index (Phi) is 5.26. The average molecular weight is 240 g/mol. The first-order valence-corrected chi connectivity index (χ1v) is 6.96. The highest BCUT2D eigenvalue weighted by Crippen LogP contribution is 2.16. The van der Waals surface area contributed by atoms with E-state index in [2.05, 4.69) is 10.6 Å². The summed E-state index contributed by atoms with van der Waals surface area (Å²) >= 11 is 0. The van der Waals surface area contributed by atoms with Gasteiger partial charge in [-0.1, -0.05) is 0 Å². The molecule has 0 bridgehead atoms. The van der Waals surface area contributed by atoms with Gasteiger partial charge in [0.05, 0.1) is 6.10 Å². The molecular weight excluding hydrogens is 216 g/mol. The summed E-state index contributed by atoms with van der Waals surface area (Å²) in [7, 11) is 0. The SMILES string of the molecule is O=C(CCC1CCCCO1)NCC1CCCN1. The highest BCUT2D eigenvalue weighted by atomic mass is 16.5. The van der Waals surface area contributed by atoms with Gasteiger partial charge in [-0.05, 0) is 45.1 Å². The molecule has 17 heavy (non-hydrogen) atoms. The van der Waals surface area contributed by atoms with E-state index in [9.17, 15) is 4.79 Å². The molecule has 0 aromatic heterocycles. The number of rotatable bonds is 5. The molecule has 2 fully saturated rings. The molecule has 2 saturated heterocycles. The molecule has 2 N–H and O–H groups in total. The Morgan fingerprint density at radius 1 is 1.29 bits per heavy atom. The Morgan fingerprint density at radius 2 is 2.24 bits per heavy atom. The van der Waals surface area contributed by atoms with Gasteiger partial charge in [-0.2, -0.15) is 0 Å². The number of hydrogen-bond donors (Lipinski definition) is 2. The molecule has 2 aliphatic rings. The standard InChI is InChI=1S/C13H24N2O2/c16-13(15-10-11-4-3-8-14-11)7-6-12-5-1-2-9-17-12/h11-12,14H,1-10H2,(H,15,16). The zero-order valence-corrected chi connectivity index (χ0v) is 10.5. The maximum atomic E-state index is 11.6. The number of amides is 1. The normalized spacial score (nSPS) is 29.2. The van der Waals surface area contributed by atoms with Gasteiger partial charge in [0.15, 0.2) is 0 Å². The molecular formula is C13H24N2O2. The molecule has 0 spiro atoms. The third-order valence-corrected chi connectivity index (χ3v) is 3.68. The van der Waals surface area contributed by atoms with Crippen molar-refractivity contribution >= 4 is 5.91 Å². The number of nitrogens with one attached hydrogen (secondary N) is 2. The van der Waals surface area contributed by atoms with Crippen LogP contribution in [-0.4, -0.2) is 37.7 Å². The predicted octanol–water partition coefficient (Wildman–Crippen LogP) is 1.20. The first-order chi connectivity index (χ1) is 8.34.